The highest BCUT2D eigenvalue weighted by atomic mass is 16.1. The summed E-state index contributed by atoms with van der Waals surface area (Å²) in [5.74, 6) is 2.54. The predicted molar refractivity (Wildman–Crippen MR) is 213 cm³/mol. The Hall–Kier alpha value is -5.93. The summed E-state index contributed by atoms with van der Waals surface area (Å²) in [6.45, 7) is 5.59. The van der Waals surface area contributed by atoms with Crippen molar-refractivity contribution in [1.82, 2.24) is 19.1 Å². The molecule has 272 valence electrons. The number of benzene rings is 4. The Labute approximate surface area is 316 Å². The number of Topliss-reactive ketones (excluding diaryl/α,β-unsaturated/α-hetero) is 1. The number of ketones is 1. The lowest BCUT2D eigenvalue weighted by molar-refractivity contribution is -0.138. The Bertz CT molecular complexity index is 2290. The summed E-state index contributed by atoms with van der Waals surface area (Å²) < 4.78 is 4.26. The lowest BCUT2D eigenvalue weighted by Crippen LogP contribution is -2.43. The number of carbonyl (C=O) groups is 1. The average Bonchev–Trinajstić information content (AvgIpc) is 3.96. The van der Waals surface area contributed by atoms with Gasteiger partial charge in [0, 0.05) is 36.3 Å². The van der Waals surface area contributed by atoms with Crippen molar-refractivity contribution in [1.29, 1.82) is 10.5 Å². The highest BCUT2D eigenvalue weighted by Crippen LogP contribution is 2.59. The second-order valence-electron chi connectivity index (χ2n) is 15.8. The number of aryl methyl sites for hydroxylation is 2. The Morgan fingerprint density at radius 2 is 1.09 bits per heavy atom. The largest absolute Gasteiger partial charge is 0.378 e. The number of aromatic nitrogens is 4. The molecule has 9 heteroatoms. The molecule has 9 nitrogen and oxygen atoms in total. The van der Waals surface area contributed by atoms with Crippen molar-refractivity contribution in [2.45, 2.75) is 77.3 Å². The molecule has 0 aliphatic heterocycles. The van der Waals surface area contributed by atoms with Gasteiger partial charge in [-0.3, -0.25) is 4.79 Å². The van der Waals surface area contributed by atoms with Crippen molar-refractivity contribution < 1.29 is 4.79 Å². The third-order valence-corrected chi connectivity index (χ3v) is 12.7. The van der Waals surface area contributed by atoms with Crippen molar-refractivity contribution in [2.24, 2.45) is 24.9 Å². The summed E-state index contributed by atoms with van der Waals surface area (Å²) in [6.07, 6.45) is 5.85. The minimum Gasteiger partial charge on any atom is -0.378 e. The first-order valence-corrected chi connectivity index (χ1v) is 19.0. The van der Waals surface area contributed by atoms with Crippen LogP contribution in [0, 0.1) is 33.5 Å². The molecule has 0 radical (unpaired) electrons. The molecular weight excluding hydrogens is 669 g/mol. The topological polar surface area (TPSA) is 124 Å². The van der Waals surface area contributed by atoms with E-state index in [2.05, 4.69) is 82.2 Å². The first kappa shape index (κ1) is 35.1. The van der Waals surface area contributed by atoms with E-state index in [-0.39, 0.29) is 11.8 Å². The third-order valence-electron chi connectivity index (χ3n) is 12.7. The van der Waals surface area contributed by atoms with Gasteiger partial charge in [-0.2, -0.15) is 10.5 Å². The van der Waals surface area contributed by atoms with Crippen LogP contribution in [0.5, 0.6) is 0 Å². The van der Waals surface area contributed by atoms with Gasteiger partial charge in [0.05, 0.1) is 58.4 Å². The number of nitrogens with zero attached hydrogens (tertiary/aromatic N) is 6. The predicted octanol–water partition coefficient (Wildman–Crippen LogP) is 9.24. The van der Waals surface area contributed by atoms with E-state index in [0.717, 1.165) is 83.6 Å². The van der Waals surface area contributed by atoms with Gasteiger partial charge in [0.15, 0.2) is 0 Å². The normalized spacial score (nSPS) is 22.3. The first-order valence-electron chi connectivity index (χ1n) is 19.0. The first-order chi connectivity index (χ1) is 26.1. The number of anilines is 2. The van der Waals surface area contributed by atoms with Gasteiger partial charge < -0.3 is 19.8 Å². The SMILES string of the molecule is Cn1c(CNc2ccc(C#N)cc2)nc2cc(C3CCCC3(C)C(=O)C3(C)CCCC3c3ccc4c(c3)nc(CNc3ccc(C#N)cc3)n4C)ccc21. The molecule has 2 aliphatic carbocycles. The zero-order valence-corrected chi connectivity index (χ0v) is 31.5. The maximum Gasteiger partial charge on any atom is 0.145 e. The van der Waals surface area contributed by atoms with E-state index in [9.17, 15) is 0 Å². The zero-order valence-electron chi connectivity index (χ0n) is 31.5. The van der Waals surface area contributed by atoms with Gasteiger partial charge in [-0.25, -0.2) is 9.97 Å². The molecule has 4 aromatic carbocycles. The van der Waals surface area contributed by atoms with E-state index >= 15 is 4.79 Å². The maximum absolute atomic E-state index is 15.1. The van der Waals surface area contributed by atoms with E-state index in [1.165, 1.54) is 11.1 Å². The second kappa shape index (κ2) is 13.8. The van der Waals surface area contributed by atoms with Crippen molar-refractivity contribution in [2.75, 3.05) is 10.6 Å². The molecule has 0 bridgehead atoms. The van der Waals surface area contributed by atoms with Crippen molar-refractivity contribution in [3.63, 3.8) is 0 Å². The molecule has 2 aromatic heterocycles. The molecule has 4 unspecified atom stereocenters. The molecule has 2 N–H and O–H groups in total. The molecule has 2 aliphatic rings. The number of rotatable bonds is 10. The summed E-state index contributed by atoms with van der Waals surface area (Å²) >= 11 is 0. The van der Waals surface area contributed by atoms with E-state index in [0.29, 0.717) is 30.0 Å². The summed E-state index contributed by atoms with van der Waals surface area (Å²) in [5.41, 5.74) is 8.70. The van der Waals surface area contributed by atoms with Crippen molar-refractivity contribution in [3.05, 3.63) is 119 Å². The minimum atomic E-state index is -0.459. The highest BCUT2D eigenvalue weighted by molar-refractivity contribution is 5.93. The van der Waals surface area contributed by atoms with Crippen LogP contribution in [-0.2, 0) is 32.0 Å². The van der Waals surface area contributed by atoms with Gasteiger partial charge in [-0.05, 0) is 121 Å². The molecule has 6 aromatic rings. The molecule has 54 heavy (non-hydrogen) atoms. The Balaban J connectivity index is 1.01. The fourth-order valence-corrected chi connectivity index (χ4v) is 9.57. The average molecular weight is 715 g/mol. The maximum atomic E-state index is 15.1. The number of nitrogens with one attached hydrogen (secondary N) is 2. The molecule has 0 spiro atoms. The Kier molecular flexibility index (Phi) is 8.98. The molecular formula is C45H46N8O. The lowest BCUT2D eigenvalue weighted by atomic mass is 9.61. The van der Waals surface area contributed by atoms with Crippen LogP contribution in [0.4, 0.5) is 11.4 Å². The number of imidazole rings is 2. The fourth-order valence-electron chi connectivity index (χ4n) is 9.57. The number of nitriles is 2. The van der Waals surface area contributed by atoms with E-state index in [1.807, 2.05) is 62.6 Å². The summed E-state index contributed by atoms with van der Waals surface area (Å²) in [7, 11) is 4.10. The Morgan fingerprint density at radius 3 is 1.48 bits per heavy atom. The summed E-state index contributed by atoms with van der Waals surface area (Å²) in [4.78, 5) is 25.2. The molecule has 8 rings (SSSR count). The smallest absolute Gasteiger partial charge is 0.145 e. The molecule has 2 saturated carbocycles. The van der Waals surface area contributed by atoms with E-state index in [4.69, 9.17) is 20.5 Å². The van der Waals surface area contributed by atoms with E-state index < -0.39 is 10.8 Å². The van der Waals surface area contributed by atoms with Crippen LogP contribution in [-0.4, -0.2) is 24.9 Å². The number of hydrogen-bond donors (Lipinski definition) is 2. The monoisotopic (exact) mass is 714 g/mol. The van der Waals surface area contributed by atoms with Crippen LogP contribution in [0.25, 0.3) is 22.1 Å². The van der Waals surface area contributed by atoms with Crippen LogP contribution in [0.1, 0.15) is 98.1 Å². The molecule has 2 heterocycles. The van der Waals surface area contributed by atoms with Crippen molar-refractivity contribution in [3.8, 4) is 12.1 Å². The van der Waals surface area contributed by atoms with Crippen LogP contribution in [0.3, 0.4) is 0 Å². The third kappa shape index (κ3) is 6.08. The Morgan fingerprint density at radius 1 is 0.685 bits per heavy atom. The van der Waals surface area contributed by atoms with Crippen LogP contribution in [0.2, 0.25) is 0 Å². The number of hydrogen-bond acceptors (Lipinski definition) is 7. The fraction of sp³-hybridized carbons (Fsp3) is 0.356. The van der Waals surface area contributed by atoms with Crippen LogP contribution < -0.4 is 10.6 Å². The highest BCUT2D eigenvalue weighted by Gasteiger charge is 2.55. The number of fused-ring (bicyclic) bond motifs is 2. The molecule has 0 amide bonds. The van der Waals surface area contributed by atoms with Gasteiger partial charge in [-0.15, -0.1) is 0 Å². The minimum absolute atomic E-state index is 0.138. The van der Waals surface area contributed by atoms with Gasteiger partial charge in [-0.1, -0.05) is 38.8 Å². The summed E-state index contributed by atoms with van der Waals surface area (Å²) in [5, 5.41) is 25.1. The molecule has 2 fully saturated rings. The van der Waals surface area contributed by atoms with Gasteiger partial charge in [0.2, 0.25) is 0 Å². The van der Waals surface area contributed by atoms with E-state index in [1.54, 1.807) is 0 Å². The summed E-state index contributed by atoms with van der Waals surface area (Å²) in [6, 6.07) is 32.5. The van der Waals surface area contributed by atoms with Crippen LogP contribution in [0.15, 0.2) is 84.9 Å². The standard InChI is InChI=1S/C45H46N8O/c1-44(21-5-7-35(44)31-13-19-39-37(23-31)50-41(52(39)3)27-48-33-15-9-29(25-46)10-16-33)43(54)45(2)22-6-8-36(45)32-14-20-40-38(24-32)51-42(53(40)4)28-49-34-17-11-30(26-47)12-18-34/h9-20,23-24,35-36,48-49H,5-8,21-22,27-28H2,1-4H3. The lowest BCUT2D eigenvalue weighted by Gasteiger charge is -2.41. The quantitative estimate of drug-likeness (QED) is 0.145. The van der Waals surface area contributed by atoms with Gasteiger partial charge >= 0.3 is 0 Å². The molecule has 0 saturated heterocycles. The van der Waals surface area contributed by atoms with Gasteiger partial charge in [0.1, 0.15) is 17.4 Å². The van der Waals surface area contributed by atoms with Gasteiger partial charge in [0.25, 0.3) is 0 Å². The second-order valence-corrected chi connectivity index (χ2v) is 15.8. The zero-order chi connectivity index (χ0) is 37.6. The molecule has 4 atom stereocenters. The van der Waals surface area contributed by atoms with Crippen LogP contribution >= 0.6 is 0 Å². The van der Waals surface area contributed by atoms with Crippen molar-refractivity contribution >= 4 is 39.2 Å². The number of carbonyl (C=O) groups excluding carboxylic acids is 1.